The van der Waals surface area contributed by atoms with Gasteiger partial charge >= 0.3 is 0 Å². The molecule has 1 aromatic carbocycles. The lowest BCUT2D eigenvalue weighted by Crippen LogP contribution is -2.61. The van der Waals surface area contributed by atoms with Gasteiger partial charge in [0.2, 0.25) is 29.5 Å². The van der Waals surface area contributed by atoms with Gasteiger partial charge in [-0.1, -0.05) is 85.2 Å². The summed E-state index contributed by atoms with van der Waals surface area (Å²) in [5.41, 5.74) is 0.873. The van der Waals surface area contributed by atoms with Crippen LogP contribution in [0.5, 0.6) is 0 Å². The molecule has 0 aliphatic carbocycles. The van der Waals surface area contributed by atoms with E-state index in [0.717, 1.165) is 31.7 Å². The molecule has 5 N–H and O–H groups in total. The molecule has 2 fully saturated rings. The number of methoxy groups -OCH3 is 2. The SMILES string of the molecule is CC[C@H](C)[C@@H](C(CC(=O)N1CCC[C@H]1[C@H](OC)[C@@H](C)C(=O)N[C@@H](Cc1ccccc1)C(=O)NCCOCCOCCOCCOCCO)OC)N(C)C(=O)[C@@H](NC(=O)[C@H](C(C)C)N1CCNCC1)C(C)C. The molecular formula is C52H91N7O12. The highest BCUT2D eigenvalue weighted by atomic mass is 16.6. The third kappa shape index (κ3) is 20.2. The number of carbonyl (C=O) groups excluding carboxylic acids is 5. The molecule has 19 heteroatoms. The Hall–Kier alpha value is -3.79. The second kappa shape index (κ2) is 33.8. The van der Waals surface area contributed by atoms with Crippen molar-refractivity contribution in [2.24, 2.45) is 23.7 Å². The third-order valence-corrected chi connectivity index (χ3v) is 13.7. The zero-order chi connectivity index (χ0) is 52.3. The minimum Gasteiger partial charge on any atom is -0.394 e. The quantitative estimate of drug-likeness (QED) is 0.0614. The molecule has 1 aromatic rings. The average Bonchev–Trinajstić information content (AvgIpc) is 3.85. The van der Waals surface area contributed by atoms with Gasteiger partial charge in [-0.3, -0.25) is 28.9 Å². The second-order valence-electron chi connectivity index (χ2n) is 19.5. The Bertz CT molecular complexity index is 1690. The number of aliphatic hydroxyl groups is 1. The highest BCUT2D eigenvalue weighted by Gasteiger charge is 2.44. The van der Waals surface area contributed by atoms with Crippen LogP contribution < -0.4 is 21.3 Å². The summed E-state index contributed by atoms with van der Waals surface area (Å²) in [6.07, 6.45) is 0.932. The molecule has 9 atom stereocenters. The number of aliphatic hydroxyl groups excluding tert-OH is 1. The summed E-state index contributed by atoms with van der Waals surface area (Å²) in [5.74, 6) is -2.26. The normalized spacial score (nSPS) is 18.8. The Morgan fingerprint density at radius 2 is 1.38 bits per heavy atom. The molecule has 2 aliphatic rings. The lowest BCUT2D eigenvalue weighted by Gasteiger charge is -2.41. The molecule has 0 bridgehead atoms. The van der Waals surface area contributed by atoms with Crippen LogP contribution in [-0.4, -0.2) is 212 Å². The minimum absolute atomic E-state index is 0.0116. The van der Waals surface area contributed by atoms with E-state index in [0.29, 0.717) is 65.4 Å². The summed E-state index contributed by atoms with van der Waals surface area (Å²) >= 11 is 0. The zero-order valence-electron chi connectivity index (χ0n) is 44.7. The Labute approximate surface area is 424 Å². The van der Waals surface area contributed by atoms with Crippen LogP contribution in [0.4, 0.5) is 0 Å². The highest BCUT2D eigenvalue weighted by molar-refractivity contribution is 5.91. The van der Waals surface area contributed by atoms with Crippen LogP contribution in [-0.2, 0) is 58.8 Å². The molecule has 1 unspecified atom stereocenters. The predicted molar refractivity (Wildman–Crippen MR) is 271 cm³/mol. The van der Waals surface area contributed by atoms with E-state index in [2.05, 4.69) is 26.2 Å². The molecule has 406 valence electrons. The first-order chi connectivity index (χ1) is 34.1. The molecule has 2 heterocycles. The fraction of sp³-hybridized carbons (Fsp3) is 0.788. The fourth-order valence-electron chi connectivity index (χ4n) is 9.69. The molecule has 0 saturated carbocycles. The van der Waals surface area contributed by atoms with Crippen LogP contribution in [0, 0.1) is 23.7 Å². The van der Waals surface area contributed by atoms with Crippen molar-refractivity contribution in [3.8, 4) is 0 Å². The van der Waals surface area contributed by atoms with Gasteiger partial charge < -0.3 is 64.6 Å². The lowest BCUT2D eigenvalue weighted by atomic mass is 9.89. The van der Waals surface area contributed by atoms with E-state index >= 15 is 0 Å². The van der Waals surface area contributed by atoms with Crippen molar-refractivity contribution in [2.45, 2.75) is 123 Å². The van der Waals surface area contributed by atoms with Crippen LogP contribution in [0.1, 0.15) is 79.7 Å². The first-order valence-corrected chi connectivity index (χ1v) is 26.0. The number of ether oxygens (including phenoxy) is 6. The van der Waals surface area contributed by atoms with E-state index in [1.54, 1.807) is 30.9 Å². The van der Waals surface area contributed by atoms with Crippen molar-refractivity contribution >= 4 is 29.5 Å². The standard InChI is InChI=1S/C52H91N7O12/c1-11-38(6)47(57(8)52(65)45(36(2)3)56-51(64)46(37(4)5)58-23-19-53-20-24-58)43(66-9)35-44(61)59-22-15-18-42(59)48(67-10)39(7)49(62)55-41(34-40-16-13-12-14-17-40)50(63)54-21-26-68-28-30-70-32-33-71-31-29-69-27-25-60/h12-14,16-17,36-39,41-43,45-48,53,60H,11,15,18-35H2,1-10H3,(H,54,63)(H,55,62)(H,56,64)/t38-,39+,41-,42-,43?,45-,46-,47-,48+/m0/s1. The van der Waals surface area contributed by atoms with Gasteiger partial charge in [0.05, 0.1) is 102 Å². The minimum atomic E-state index is -0.893. The van der Waals surface area contributed by atoms with Crippen LogP contribution in [0.3, 0.4) is 0 Å². The van der Waals surface area contributed by atoms with Gasteiger partial charge in [0.15, 0.2) is 0 Å². The molecule has 71 heavy (non-hydrogen) atoms. The maximum Gasteiger partial charge on any atom is 0.245 e. The molecule has 2 aliphatic heterocycles. The van der Waals surface area contributed by atoms with Gasteiger partial charge in [-0.05, 0) is 36.2 Å². The summed E-state index contributed by atoms with van der Waals surface area (Å²) in [6.45, 7) is 20.4. The zero-order valence-corrected chi connectivity index (χ0v) is 44.7. The first-order valence-electron chi connectivity index (χ1n) is 26.0. The molecule has 0 aromatic heterocycles. The second-order valence-corrected chi connectivity index (χ2v) is 19.5. The number of carbonyl (C=O) groups is 5. The number of likely N-dealkylation sites (N-methyl/N-ethyl adjacent to an activating group) is 1. The van der Waals surface area contributed by atoms with Crippen molar-refractivity contribution in [1.82, 2.24) is 36.0 Å². The van der Waals surface area contributed by atoms with Gasteiger partial charge in [-0.15, -0.1) is 0 Å². The molecule has 19 nitrogen and oxygen atoms in total. The summed E-state index contributed by atoms with van der Waals surface area (Å²) in [5, 5.41) is 21.1. The lowest BCUT2D eigenvalue weighted by molar-refractivity contribution is -0.148. The van der Waals surface area contributed by atoms with E-state index in [-0.39, 0.29) is 92.5 Å². The molecule has 0 spiro atoms. The summed E-state index contributed by atoms with van der Waals surface area (Å²) in [4.78, 5) is 76.4. The van der Waals surface area contributed by atoms with Crippen LogP contribution >= 0.6 is 0 Å². The van der Waals surface area contributed by atoms with Gasteiger partial charge in [0.25, 0.3) is 0 Å². The highest BCUT2D eigenvalue weighted by Crippen LogP contribution is 2.30. The Kier molecular flexibility index (Phi) is 29.3. The maximum atomic E-state index is 14.6. The fourth-order valence-corrected chi connectivity index (χ4v) is 9.69. The van der Waals surface area contributed by atoms with E-state index in [4.69, 9.17) is 33.5 Å². The molecule has 3 rings (SSSR count). The Balaban J connectivity index is 1.66. The van der Waals surface area contributed by atoms with E-state index in [9.17, 15) is 24.0 Å². The average molecular weight is 1010 g/mol. The van der Waals surface area contributed by atoms with Gasteiger partial charge in [-0.25, -0.2) is 0 Å². The molecule has 0 radical (unpaired) electrons. The number of hydrogen-bond acceptors (Lipinski definition) is 14. The van der Waals surface area contributed by atoms with Crippen molar-refractivity contribution in [1.29, 1.82) is 0 Å². The maximum absolute atomic E-state index is 14.6. The monoisotopic (exact) mass is 1010 g/mol. The molecular weight excluding hydrogens is 915 g/mol. The smallest absolute Gasteiger partial charge is 0.245 e. The van der Waals surface area contributed by atoms with Crippen molar-refractivity contribution in [3.63, 3.8) is 0 Å². The van der Waals surface area contributed by atoms with Crippen LogP contribution in [0.2, 0.25) is 0 Å². The third-order valence-electron chi connectivity index (χ3n) is 13.7. The van der Waals surface area contributed by atoms with E-state index in [1.807, 2.05) is 71.9 Å². The number of nitrogens with one attached hydrogen (secondary N) is 4. The van der Waals surface area contributed by atoms with E-state index in [1.165, 1.54) is 7.11 Å². The summed E-state index contributed by atoms with van der Waals surface area (Å²) in [7, 11) is 4.84. The Morgan fingerprint density at radius 3 is 1.93 bits per heavy atom. The summed E-state index contributed by atoms with van der Waals surface area (Å²) in [6, 6.07) is 6.49. The number of hydrogen-bond donors (Lipinski definition) is 5. The van der Waals surface area contributed by atoms with Gasteiger partial charge in [-0.2, -0.15) is 0 Å². The number of amides is 5. The van der Waals surface area contributed by atoms with E-state index < -0.39 is 42.3 Å². The number of nitrogens with zero attached hydrogens (tertiary/aromatic N) is 3. The van der Waals surface area contributed by atoms with Crippen LogP contribution in [0.15, 0.2) is 30.3 Å². The van der Waals surface area contributed by atoms with Crippen molar-refractivity contribution in [2.75, 3.05) is 120 Å². The number of benzene rings is 1. The van der Waals surface area contributed by atoms with Crippen molar-refractivity contribution < 1.29 is 57.5 Å². The van der Waals surface area contributed by atoms with Crippen molar-refractivity contribution in [3.05, 3.63) is 35.9 Å². The van der Waals surface area contributed by atoms with Crippen LogP contribution in [0.25, 0.3) is 0 Å². The molecule has 5 amide bonds. The number of rotatable bonds is 35. The topological polar surface area (TPSA) is 219 Å². The Morgan fingerprint density at radius 1 is 0.775 bits per heavy atom. The first kappa shape index (κ1) is 61.5. The summed E-state index contributed by atoms with van der Waals surface area (Å²) < 4.78 is 33.9. The van der Waals surface area contributed by atoms with Gasteiger partial charge in [0.1, 0.15) is 12.1 Å². The number of piperazine rings is 1. The van der Waals surface area contributed by atoms with Gasteiger partial charge in [0, 0.05) is 67.0 Å². The predicted octanol–water partition coefficient (Wildman–Crippen LogP) is 1.88. The molecule has 2 saturated heterocycles. The number of likely N-dealkylation sites (tertiary alicyclic amines) is 1. The largest absolute Gasteiger partial charge is 0.394 e.